The molecule has 1 aliphatic heterocycles. The minimum Gasteiger partial charge on any atom is -0.497 e. The summed E-state index contributed by atoms with van der Waals surface area (Å²) in [6.45, 7) is 2.98. The van der Waals surface area contributed by atoms with E-state index < -0.39 is 0 Å². The molecule has 3 atom stereocenters. The molecule has 2 fully saturated rings. The Bertz CT molecular complexity index is 1050. The molecule has 2 aliphatic rings. The molecule has 4 rings (SSSR count). The zero-order valence-electron chi connectivity index (χ0n) is 20.6. The highest BCUT2D eigenvalue weighted by molar-refractivity contribution is 5.96. The van der Waals surface area contributed by atoms with E-state index in [2.05, 4.69) is 10.6 Å². The van der Waals surface area contributed by atoms with E-state index in [1.807, 2.05) is 31.2 Å². The molecule has 0 bridgehead atoms. The van der Waals surface area contributed by atoms with Crippen molar-refractivity contribution in [1.82, 2.24) is 15.5 Å². The Labute approximate surface area is 207 Å². The number of carbonyl (C=O) groups excluding carboxylic acids is 3. The van der Waals surface area contributed by atoms with Crippen molar-refractivity contribution in [3.63, 3.8) is 0 Å². The Balaban J connectivity index is 1.36. The van der Waals surface area contributed by atoms with Gasteiger partial charge in [0.1, 0.15) is 5.75 Å². The quantitative estimate of drug-likeness (QED) is 0.664. The van der Waals surface area contributed by atoms with Crippen LogP contribution in [0.15, 0.2) is 48.5 Å². The Morgan fingerprint density at radius 2 is 1.57 bits per heavy atom. The van der Waals surface area contributed by atoms with Gasteiger partial charge in [-0.2, -0.15) is 0 Å². The summed E-state index contributed by atoms with van der Waals surface area (Å²) in [6.07, 6.45) is 5.28. The smallest absolute Gasteiger partial charge is 0.253 e. The summed E-state index contributed by atoms with van der Waals surface area (Å²) >= 11 is 0. The topological polar surface area (TPSA) is 87.7 Å². The van der Waals surface area contributed by atoms with Crippen LogP contribution < -0.4 is 15.4 Å². The lowest BCUT2D eigenvalue weighted by atomic mass is 9.88. The Morgan fingerprint density at radius 1 is 0.886 bits per heavy atom. The summed E-state index contributed by atoms with van der Waals surface area (Å²) in [5.41, 5.74) is 2.20. The minimum absolute atomic E-state index is 0.0285. The van der Waals surface area contributed by atoms with Crippen LogP contribution in [0.1, 0.15) is 64.8 Å². The molecule has 7 nitrogen and oxygen atoms in total. The van der Waals surface area contributed by atoms with Gasteiger partial charge < -0.3 is 20.3 Å². The number of ether oxygens (including phenoxy) is 1. The zero-order valence-corrected chi connectivity index (χ0v) is 20.6. The molecule has 3 amide bonds. The van der Waals surface area contributed by atoms with Crippen LogP contribution in [0.25, 0.3) is 0 Å². The lowest BCUT2D eigenvalue weighted by Crippen LogP contribution is -2.55. The second-order valence-electron chi connectivity index (χ2n) is 9.61. The lowest BCUT2D eigenvalue weighted by molar-refractivity contribution is -0.127. The lowest BCUT2D eigenvalue weighted by Gasteiger charge is -2.36. The highest BCUT2D eigenvalue weighted by Gasteiger charge is 2.33. The van der Waals surface area contributed by atoms with Gasteiger partial charge in [-0.3, -0.25) is 14.4 Å². The number of nitrogens with zero attached hydrogens (tertiary/aromatic N) is 1. The van der Waals surface area contributed by atoms with Gasteiger partial charge in [-0.1, -0.05) is 31.0 Å². The molecule has 1 aliphatic carbocycles. The molecule has 2 aromatic rings. The highest BCUT2D eigenvalue weighted by atomic mass is 16.5. The molecule has 0 aromatic heterocycles. The van der Waals surface area contributed by atoms with Gasteiger partial charge in [0, 0.05) is 36.3 Å². The number of hydrogen-bond acceptors (Lipinski definition) is 4. The molecule has 2 aromatic carbocycles. The SMILES string of the molecule is COc1ccc(C(=O)N2CCCC(C(=O)N[C@@H]3CCCC[C@H]3NC(=O)c3ccccc3C)C2)cc1. The number of rotatable bonds is 6. The van der Waals surface area contributed by atoms with Crippen LogP contribution in [0, 0.1) is 12.8 Å². The van der Waals surface area contributed by atoms with Gasteiger partial charge in [0.05, 0.1) is 13.0 Å². The predicted molar refractivity (Wildman–Crippen MR) is 134 cm³/mol. The summed E-state index contributed by atoms with van der Waals surface area (Å²) in [6, 6.07) is 14.4. The van der Waals surface area contributed by atoms with Crippen LogP contribution in [-0.4, -0.2) is 54.9 Å². The van der Waals surface area contributed by atoms with E-state index in [1.54, 1.807) is 36.3 Å². The largest absolute Gasteiger partial charge is 0.497 e. The number of methoxy groups -OCH3 is 1. The molecular formula is C28H35N3O4. The number of benzene rings is 2. The molecule has 1 unspecified atom stereocenters. The molecule has 1 heterocycles. The number of carbonyl (C=O) groups is 3. The fourth-order valence-corrected chi connectivity index (χ4v) is 5.14. The first kappa shape index (κ1) is 24.8. The normalized spacial score (nSPS) is 22.2. The third-order valence-electron chi connectivity index (χ3n) is 7.22. The van der Waals surface area contributed by atoms with Crippen molar-refractivity contribution in [3.05, 3.63) is 65.2 Å². The van der Waals surface area contributed by atoms with Crippen molar-refractivity contribution in [2.24, 2.45) is 5.92 Å². The van der Waals surface area contributed by atoms with Crippen LogP contribution >= 0.6 is 0 Å². The summed E-state index contributed by atoms with van der Waals surface area (Å²) in [5.74, 6) is 0.267. The number of likely N-dealkylation sites (tertiary alicyclic amines) is 1. The molecule has 0 spiro atoms. The Morgan fingerprint density at radius 3 is 2.26 bits per heavy atom. The fraction of sp³-hybridized carbons (Fsp3) is 0.464. The maximum absolute atomic E-state index is 13.2. The fourth-order valence-electron chi connectivity index (χ4n) is 5.14. The third-order valence-corrected chi connectivity index (χ3v) is 7.22. The average molecular weight is 478 g/mol. The standard InChI is InChI=1S/C28H35N3O4/c1-19-8-3-4-10-23(19)27(33)30-25-12-6-5-11-24(25)29-26(32)21-9-7-17-31(18-21)28(34)20-13-15-22(35-2)16-14-20/h3-4,8,10,13-16,21,24-25H,5-7,9,11-12,17-18H2,1-2H3,(H,29,32)(H,30,33)/t21?,24-,25-/m1/s1. The molecule has 1 saturated heterocycles. The van der Waals surface area contributed by atoms with E-state index in [0.717, 1.165) is 44.1 Å². The van der Waals surface area contributed by atoms with E-state index in [1.165, 1.54) is 0 Å². The second kappa shape index (κ2) is 11.4. The predicted octanol–water partition coefficient (Wildman–Crippen LogP) is 3.71. The average Bonchev–Trinajstić information content (AvgIpc) is 2.89. The number of piperidine rings is 1. The van der Waals surface area contributed by atoms with Gasteiger partial charge in [0.2, 0.25) is 5.91 Å². The van der Waals surface area contributed by atoms with Crippen LogP contribution in [0.4, 0.5) is 0 Å². The molecule has 7 heteroatoms. The van der Waals surface area contributed by atoms with Gasteiger partial charge in [0.25, 0.3) is 11.8 Å². The monoisotopic (exact) mass is 477 g/mol. The van der Waals surface area contributed by atoms with Crippen LogP contribution in [0.5, 0.6) is 5.75 Å². The highest BCUT2D eigenvalue weighted by Crippen LogP contribution is 2.23. The van der Waals surface area contributed by atoms with Crippen LogP contribution in [0.3, 0.4) is 0 Å². The summed E-state index contributed by atoms with van der Waals surface area (Å²) < 4.78 is 5.17. The van der Waals surface area contributed by atoms with Crippen molar-refractivity contribution in [2.75, 3.05) is 20.2 Å². The first-order valence-electron chi connectivity index (χ1n) is 12.6. The second-order valence-corrected chi connectivity index (χ2v) is 9.61. The molecular weight excluding hydrogens is 442 g/mol. The minimum atomic E-state index is -0.249. The zero-order chi connectivity index (χ0) is 24.8. The van der Waals surface area contributed by atoms with Crippen molar-refractivity contribution >= 4 is 17.7 Å². The Kier molecular flexibility index (Phi) is 8.06. The van der Waals surface area contributed by atoms with Crippen molar-refractivity contribution in [2.45, 2.75) is 57.5 Å². The summed E-state index contributed by atoms with van der Waals surface area (Å²) in [4.78, 5) is 40.9. The van der Waals surface area contributed by atoms with Crippen molar-refractivity contribution in [1.29, 1.82) is 0 Å². The van der Waals surface area contributed by atoms with E-state index in [0.29, 0.717) is 30.0 Å². The van der Waals surface area contributed by atoms with Gasteiger partial charge in [0.15, 0.2) is 0 Å². The maximum Gasteiger partial charge on any atom is 0.253 e. The maximum atomic E-state index is 13.2. The van der Waals surface area contributed by atoms with E-state index in [-0.39, 0.29) is 35.7 Å². The number of aryl methyl sites for hydroxylation is 1. The van der Waals surface area contributed by atoms with Gasteiger partial charge >= 0.3 is 0 Å². The number of amides is 3. The molecule has 186 valence electrons. The third kappa shape index (κ3) is 6.02. The first-order chi connectivity index (χ1) is 17.0. The van der Waals surface area contributed by atoms with Gasteiger partial charge in [-0.25, -0.2) is 0 Å². The van der Waals surface area contributed by atoms with Crippen LogP contribution in [-0.2, 0) is 4.79 Å². The molecule has 35 heavy (non-hydrogen) atoms. The van der Waals surface area contributed by atoms with Gasteiger partial charge in [-0.05, 0) is 68.5 Å². The molecule has 0 radical (unpaired) electrons. The molecule has 2 N–H and O–H groups in total. The first-order valence-corrected chi connectivity index (χ1v) is 12.6. The van der Waals surface area contributed by atoms with Gasteiger partial charge in [-0.15, -0.1) is 0 Å². The summed E-state index contributed by atoms with van der Waals surface area (Å²) in [7, 11) is 1.59. The van der Waals surface area contributed by atoms with Crippen LogP contribution in [0.2, 0.25) is 0 Å². The summed E-state index contributed by atoms with van der Waals surface area (Å²) in [5, 5.41) is 6.38. The Hall–Kier alpha value is -3.35. The molecule has 1 saturated carbocycles. The van der Waals surface area contributed by atoms with E-state index >= 15 is 0 Å². The van der Waals surface area contributed by atoms with E-state index in [9.17, 15) is 14.4 Å². The number of nitrogens with one attached hydrogen (secondary N) is 2. The van der Waals surface area contributed by atoms with E-state index in [4.69, 9.17) is 4.74 Å². The van der Waals surface area contributed by atoms with Crippen molar-refractivity contribution in [3.8, 4) is 5.75 Å². The number of hydrogen-bond donors (Lipinski definition) is 2. The van der Waals surface area contributed by atoms with Crippen molar-refractivity contribution < 1.29 is 19.1 Å².